The average molecular weight is 377 g/mol. The predicted octanol–water partition coefficient (Wildman–Crippen LogP) is 2.52. The second-order valence-corrected chi connectivity index (χ2v) is 5.93. The van der Waals surface area contributed by atoms with Crippen molar-refractivity contribution in [2.24, 2.45) is 15.9 Å². The van der Waals surface area contributed by atoms with Gasteiger partial charge in [-0.25, -0.2) is 0 Å². The molecule has 0 saturated heterocycles. The van der Waals surface area contributed by atoms with Crippen LogP contribution in [0.5, 0.6) is 0 Å². The molecule has 0 aliphatic carbocycles. The first-order valence-electron chi connectivity index (χ1n) is 7.72. The third-order valence-corrected chi connectivity index (χ3v) is 4.13. The van der Waals surface area contributed by atoms with Crippen molar-refractivity contribution in [2.45, 2.75) is 20.0 Å². The number of hydrogen-bond acceptors (Lipinski definition) is 4. The summed E-state index contributed by atoms with van der Waals surface area (Å²) < 4.78 is 38.3. The summed E-state index contributed by atoms with van der Waals surface area (Å²) in [5.41, 5.74) is 6.54. The normalized spacial score (nSPS) is 15.4. The van der Waals surface area contributed by atoms with E-state index in [1.807, 2.05) is 0 Å². The molecule has 2 aromatic rings. The zero-order valence-corrected chi connectivity index (χ0v) is 14.2. The molecule has 27 heavy (non-hydrogen) atoms. The lowest BCUT2D eigenvalue weighted by Gasteiger charge is -2.07. The smallest absolute Gasteiger partial charge is 0.366 e. The van der Waals surface area contributed by atoms with Gasteiger partial charge in [0.25, 0.3) is 11.8 Å². The zero-order chi connectivity index (χ0) is 19.9. The van der Waals surface area contributed by atoms with Gasteiger partial charge in [0.05, 0.1) is 28.7 Å². The molecule has 1 aromatic carbocycles. The van der Waals surface area contributed by atoms with Crippen molar-refractivity contribution < 1.29 is 22.8 Å². The van der Waals surface area contributed by atoms with Gasteiger partial charge in [0.2, 0.25) is 0 Å². The van der Waals surface area contributed by atoms with Crippen molar-refractivity contribution in [3.63, 3.8) is 0 Å². The van der Waals surface area contributed by atoms with E-state index in [4.69, 9.17) is 5.73 Å². The van der Waals surface area contributed by atoms with Crippen molar-refractivity contribution in [3.8, 4) is 0 Å². The van der Waals surface area contributed by atoms with Crippen LogP contribution in [-0.2, 0) is 11.0 Å². The summed E-state index contributed by atoms with van der Waals surface area (Å²) >= 11 is 0. The minimum Gasteiger partial charge on any atom is -0.366 e. The summed E-state index contributed by atoms with van der Waals surface area (Å²) in [5, 5.41) is 9.97. The Morgan fingerprint density at radius 1 is 1.26 bits per heavy atom. The Morgan fingerprint density at radius 3 is 2.56 bits per heavy atom. The maximum absolute atomic E-state index is 12.8. The highest BCUT2D eigenvalue weighted by molar-refractivity contribution is 6.53. The van der Waals surface area contributed by atoms with E-state index in [1.54, 1.807) is 13.8 Å². The van der Waals surface area contributed by atoms with Crippen LogP contribution in [0.3, 0.4) is 0 Å². The van der Waals surface area contributed by atoms with E-state index in [0.29, 0.717) is 22.5 Å². The van der Waals surface area contributed by atoms with E-state index in [0.717, 1.165) is 12.1 Å². The van der Waals surface area contributed by atoms with E-state index < -0.39 is 23.6 Å². The maximum Gasteiger partial charge on any atom is 0.416 e. The van der Waals surface area contributed by atoms with Gasteiger partial charge in [-0.2, -0.15) is 18.3 Å². The number of aromatic amines is 1. The van der Waals surface area contributed by atoms with Crippen LogP contribution in [0.15, 0.2) is 28.4 Å². The Bertz CT molecular complexity index is 1020. The van der Waals surface area contributed by atoms with Crippen LogP contribution in [0.1, 0.15) is 38.4 Å². The average Bonchev–Trinajstić information content (AvgIpc) is 3.02. The Kier molecular flexibility index (Phi) is 4.34. The lowest BCUT2D eigenvalue weighted by molar-refractivity contribution is -0.137. The SMILES string of the molecule is Cc1[nH]c(C=NN=C2C(=O)Nc3cc(C(F)(F)F)ccc32)c(C)c1C(N)=O. The molecular weight excluding hydrogens is 363 g/mol. The van der Waals surface area contributed by atoms with Crippen molar-refractivity contribution in [1.29, 1.82) is 0 Å². The van der Waals surface area contributed by atoms with Crippen LogP contribution in [0.4, 0.5) is 18.9 Å². The monoisotopic (exact) mass is 377 g/mol. The van der Waals surface area contributed by atoms with Crippen molar-refractivity contribution in [3.05, 3.63) is 51.8 Å². The number of H-pyrrole nitrogens is 1. The number of anilines is 1. The number of hydrogen-bond donors (Lipinski definition) is 3. The number of rotatable bonds is 3. The van der Waals surface area contributed by atoms with Gasteiger partial charge in [-0.05, 0) is 37.6 Å². The summed E-state index contributed by atoms with van der Waals surface area (Å²) in [6.45, 7) is 3.35. The standard InChI is InChI=1S/C17H14F3N5O2/c1-7-12(23-8(2)13(7)15(21)26)6-22-25-14-10-4-3-9(17(18,19)20)5-11(10)24-16(14)27/h3-6,23H,1-2H3,(H2,21,26)(H,24,25,27). The molecule has 4 N–H and O–H groups in total. The highest BCUT2D eigenvalue weighted by atomic mass is 19.4. The summed E-state index contributed by atoms with van der Waals surface area (Å²) in [5.74, 6) is -1.24. The highest BCUT2D eigenvalue weighted by Crippen LogP contribution is 2.34. The molecule has 0 bridgehead atoms. The van der Waals surface area contributed by atoms with E-state index in [9.17, 15) is 22.8 Å². The molecule has 0 unspecified atom stereocenters. The van der Waals surface area contributed by atoms with Crippen molar-refractivity contribution in [2.75, 3.05) is 5.32 Å². The number of carbonyl (C=O) groups is 2. The lowest BCUT2D eigenvalue weighted by atomic mass is 10.1. The van der Waals surface area contributed by atoms with Crippen LogP contribution in [0, 0.1) is 13.8 Å². The molecule has 1 aromatic heterocycles. The van der Waals surface area contributed by atoms with Gasteiger partial charge in [0.1, 0.15) is 0 Å². The first kappa shape index (κ1) is 18.4. The molecule has 140 valence electrons. The number of benzene rings is 1. The number of nitrogens with one attached hydrogen (secondary N) is 2. The number of halogens is 3. The Hall–Kier alpha value is -3.43. The van der Waals surface area contributed by atoms with E-state index in [2.05, 4.69) is 20.5 Å². The van der Waals surface area contributed by atoms with E-state index >= 15 is 0 Å². The van der Waals surface area contributed by atoms with Gasteiger partial charge in [-0.3, -0.25) is 9.59 Å². The molecule has 0 radical (unpaired) electrons. The molecule has 7 nitrogen and oxygen atoms in total. The minimum atomic E-state index is -4.51. The van der Waals surface area contributed by atoms with Crippen LogP contribution < -0.4 is 11.1 Å². The molecule has 0 saturated carbocycles. The Morgan fingerprint density at radius 2 is 1.96 bits per heavy atom. The quantitative estimate of drug-likeness (QED) is 0.564. The van der Waals surface area contributed by atoms with Gasteiger partial charge in [-0.1, -0.05) is 0 Å². The molecular formula is C17H14F3N5O2. The first-order valence-corrected chi connectivity index (χ1v) is 7.72. The molecule has 0 spiro atoms. The number of amides is 2. The van der Waals surface area contributed by atoms with Gasteiger partial charge in [0.15, 0.2) is 5.71 Å². The van der Waals surface area contributed by atoms with Crippen LogP contribution in [-0.4, -0.2) is 28.7 Å². The summed E-state index contributed by atoms with van der Waals surface area (Å²) in [6.07, 6.45) is -3.21. The summed E-state index contributed by atoms with van der Waals surface area (Å²) in [6, 6.07) is 2.88. The Labute approximate surface area is 151 Å². The second kappa shape index (κ2) is 6.38. The molecule has 2 heterocycles. The molecule has 3 rings (SSSR count). The first-order chi connectivity index (χ1) is 12.6. The number of fused-ring (bicyclic) bond motifs is 1. The molecule has 1 aliphatic heterocycles. The fraction of sp³-hybridized carbons (Fsp3) is 0.176. The molecule has 10 heteroatoms. The largest absolute Gasteiger partial charge is 0.416 e. The van der Waals surface area contributed by atoms with Crippen molar-refractivity contribution in [1.82, 2.24) is 4.98 Å². The number of primary amides is 1. The van der Waals surface area contributed by atoms with E-state index in [1.165, 1.54) is 12.3 Å². The predicted molar refractivity (Wildman–Crippen MR) is 93.0 cm³/mol. The van der Waals surface area contributed by atoms with Gasteiger partial charge < -0.3 is 16.0 Å². The fourth-order valence-electron chi connectivity index (χ4n) is 2.85. The number of nitrogens with two attached hydrogens (primary N) is 1. The summed E-state index contributed by atoms with van der Waals surface area (Å²) in [4.78, 5) is 26.3. The lowest BCUT2D eigenvalue weighted by Crippen LogP contribution is -2.13. The molecule has 1 aliphatic rings. The van der Waals surface area contributed by atoms with Crippen LogP contribution in [0.2, 0.25) is 0 Å². The van der Waals surface area contributed by atoms with Crippen molar-refractivity contribution >= 4 is 29.4 Å². The number of nitrogens with zero attached hydrogens (tertiary/aromatic N) is 2. The number of alkyl halides is 3. The van der Waals surface area contributed by atoms with Gasteiger partial charge in [0, 0.05) is 11.3 Å². The Balaban J connectivity index is 1.92. The zero-order valence-electron chi connectivity index (χ0n) is 14.2. The number of aryl methyl sites for hydroxylation is 1. The third-order valence-electron chi connectivity index (χ3n) is 4.13. The number of carbonyl (C=O) groups excluding carboxylic acids is 2. The fourth-order valence-corrected chi connectivity index (χ4v) is 2.85. The topological polar surface area (TPSA) is 113 Å². The second-order valence-electron chi connectivity index (χ2n) is 5.93. The highest BCUT2D eigenvalue weighted by Gasteiger charge is 2.34. The number of aromatic nitrogens is 1. The van der Waals surface area contributed by atoms with E-state index in [-0.39, 0.29) is 17.0 Å². The maximum atomic E-state index is 12.8. The van der Waals surface area contributed by atoms with Gasteiger partial charge >= 0.3 is 6.18 Å². The molecule has 2 amide bonds. The minimum absolute atomic E-state index is 0.0201. The van der Waals surface area contributed by atoms with Crippen LogP contribution in [0.25, 0.3) is 0 Å². The van der Waals surface area contributed by atoms with Gasteiger partial charge in [-0.15, -0.1) is 5.10 Å². The summed E-state index contributed by atoms with van der Waals surface area (Å²) in [7, 11) is 0. The molecule has 0 atom stereocenters. The molecule has 0 fully saturated rings. The third kappa shape index (κ3) is 3.33. The van der Waals surface area contributed by atoms with Crippen LogP contribution >= 0.6 is 0 Å².